The first-order valence-electron chi connectivity index (χ1n) is 17.1. The Morgan fingerprint density at radius 3 is 2.58 bits per heavy atom. The van der Waals surface area contributed by atoms with E-state index in [1.807, 2.05) is 55.6 Å². The minimum atomic E-state index is -0.696. The lowest BCUT2D eigenvalue weighted by atomic mass is 10.0. The van der Waals surface area contributed by atoms with Crippen LogP contribution in [-0.2, 0) is 29.5 Å². The molecule has 0 radical (unpaired) electrons. The van der Waals surface area contributed by atoms with Crippen LogP contribution in [0.3, 0.4) is 0 Å². The minimum Gasteiger partial charge on any atom is -0.460 e. The molecule has 0 bridgehead atoms. The maximum absolute atomic E-state index is 13.3. The molecule has 0 spiro atoms. The van der Waals surface area contributed by atoms with E-state index in [1.54, 1.807) is 23.9 Å². The lowest BCUT2D eigenvalue weighted by molar-refractivity contribution is -0.135. The van der Waals surface area contributed by atoms with Gasteiger partial charge in [-0.25, -0.2) is 9.78 Å². The number of imide groups is 1. The fourth-order valence-corrected chi connectivity index (χ4v) is 7.44. The fraction of sp³-hybridized carbons (Fsp3) is 0.351. The zero-order chi connectivity index (χ0) is 34.5. The molecule has 1 unspecified atom stereocenters. The third kappa shape index (κ3) is 5.76. The van der Waals surface area contributed by atoms with Gasteiger partial charge in [-0.1, -0.05) is 12.1 Å². The summed E-state index contributed by atoms with van der Waals surface area (Å²) in [5.74, 6) is 1.45. The van der Waals surface area contributed by atoms with Gasteiger partial charge in [0.25, 0.3) is 5.91 Å². The number of anilines is 1. The summed E-state index contributed by atoms with van der Waals surface area (Å²) in [4.78, 5) is 64.1. The summed E-state index contributed by atoms with van der Waals surface area (Å²) in [7, 11) is 1.74. The Kier molecular flexibility index (Phi) is 8.06. The fourth-order valence-electron chi connectivity index (χ4n) is 7.44. The van der Waals surface area contributed by atoms with Gasteiger partial charge in [-0.3, -0.25) is 38.7 Å². The molecule has 0 aliphatic carbocycles. The van der Waals surface area contributed by atoms with Crippen LogP contribution in [0.5, 0.6) is 0 Å². The van der Waals surface area contributed by atoms with Crippen LogP contribution in [0, 0.1) is 0 Å². The van der Waals surface area contributed by atoms with Gasteiger partial charge in [-0.15, -0.1) is 0 Å². The number of piperazine rings is 1. The van der Waals surface area contributed by atoms with Crippen LogP contribution < -0.4 is 21.2 Å². The Hall–Kier alpha value is -5.56. The van der Waals surface area contributed by atoms with Crippen molar-refractivity contribution in [1.82, 2.24) is 34.6 Å². The van der Waals surface area contributed by atoms with E-state index in [9.17, 15) is 19.2 Å². The average Bonchev–Trinajstić information content (AvgIpc) is 3.67. The van der Waals surface area contributed by atoms with E-state index in [-0.39, 0.29) is 30.0 Å². The van der Waals surface area contributed by atoms with E-state index in [0.29, 0.717) is 35.4 Å². The molecule has 13 nitrogen and oxygen atoms in total. The molecule has 0 saturated carbocycles. The van der Waals surface area contributed by atoms with Gasteiger partial charge in [-0.2, -0.15) is 0 Å². The van der Waals surface area contributed by atoms with Crippen molar-refractivity contribution in [3.63, 3.8) is 0 Å². The molecule has 256 valence electrons. The summed E-state index contributed by atoms with van der Waals surface area (Å²) >= 11 is 0. The molecule has 2 atom stereocenters. The van der Waals surface area contributed by atoms with E-state index >= 15 is 0 Å². The van der Waals surface area contributed by atoms with Gasteiger partial charge in [0.05, 0.1) is 22.3 Å². The number of para-hydroxylation sites is 1. The summed E-state index contributed by atoms with van der Waals surface area (Å²) < 4.78 is 9.24. The number of amides is 3. The summed E-state index contributed by atoms with van der Waals surface area (Å²) in [5, 5.41) is 5.33. The molecule has 7 heterocycles. The Bertz CT molecular complexity index is 2190. The van der Waals surface area contributed by atoms with Crippen LogP contribution in [0.1, 0.15) is 47.5 Å². The van der Waals surface area contributed by atoms with Gasteiger partial charge in [0, 0.05) is 82.2 Å². The number of pyridine rings is 2. The zero-order valence-corrected chi connectivity index (χ0v) is 28.0. The molecule has 4 aromatic heterocycles. The van der Waals surface area contributed by atoms with E-state index in [4.69, 9.17) is 9.40 Å². The van der Waals surface area contributed by atoms with Gasteiger partial charge >= 0.3 is 5.69 Å². The molecule has 3 aliphatic rings. The highest BCUT2D eigenvalue weighted by molar-refractivity contribution is 6.00. The van der Waals surface area contributed by atoms with Gasteiger partial charge in [0.2, 0.25) is 11.8 Å². The van der Waals surface area contributed by atoms with Crippen LogP contribution in [-0.4, -0.2) is 80.5 Å². The second-order valence-electron chi connectivity index (χ2n) is 13.4. The maximum atomic E-state index is 13.3. The topological polar surface area (TPSA) is 148 Å². The lowest BCUT2D eigenvalue weighted by Crippen LogP contribution is -2.47. The van der Waals surface area contributed by atoms with E-state index in [1.165, 1.54) is 4.57 Å². The second kappa shape index (κ2) is 12.7. The van der Waals surface area contributed by atoms with Crippen LogP contribution in [0.4, 0.5) is 5.82 Å². The quantitative estimate of drug-likeness (QED) is 0.249. The molecular formula is C37H38N8O5. The maximum Gasteiger partial charge on any atom is 0.329 e. The molecular weight excluding hydrogens is 636 g/mol. The summed E-state index contributed by atoms with van der Waals surface area (Å²) in [6, 6.07) is 14.9. The van der Waals surface area contributed by atoms with Crippen molar-refractivity contribution >= 4 is 34.6 Å². The van der Waals surface area contributed by atoms with Crippen molar-refractivity contribution in [3.8, 4) is 22.6 Å². The average molecular weight is 675 g/mol. The third-order valence-electron chi connectivity index (χ3n) is 10.1. The van der Waals surface area contributed by atoms with Crippen LogP contribution in [0.2, 0.25) is 0 Å². The number of fused-ring (bicyclic) bond motifs is 2. The van der Waals surface area contributed by atoms with Crippen molar-refractivity contribution in [2.24, 2.45) is 7.05 Å². The van der Waals surface area contributed by atoms with Crippen LogP contribution in [0.25, 0.3) is 33.6 Å². The summed E-state index contributed by atoms with van der Waals surface area (Å²) in [5.41, 5.74) is 5.47. The standard InChI is InChI=1S/C37H38N8O5/c1-22-18-31-26(35(47)40-22)20-30(50-31)24-10-12-38-27(19-24)25-6-8-32(39-21-25)44-16-14-43(15-17-44)13-11-23-4-3-5-28-34(23)42(2)37(49)45(28)29-7-9-33(46)41-36(29)48/h3-6,8,10,12,19-22,29H,7,9,11,13-18H2,1-2H3,(H,40,47)(H,41,46,48)/t22-,29?/m1/s1. The summed E-state index contributed by atoms with van der Waals surface area (Å²) in [6.07, 6.45) is 5.55. The van der Waals surface area contributed by atoms with E-state index in [2.05, 4.69) is 25.4 Å². The first kappa shape index (κ1) is 31.7. The number of nitrogens with zero attached hydrogens (tertiary/aromatic N) is 6. The molecule has 2 N–H and O–H groups in total. The van der Waals surface area contributed by atoms with Crippen molar-refractivity contribution < 1.29 is 18.8 Å². The number of piperidine rings is 1. The number of carbonyl (C=O) groups is 3. The molecule has 8 rings (SSSR count). The largest absolute Gasteiger partial charge is 0.460 e. The monoisotopic (exact) mass is 674 g/mol. The van der Waals surface area contributed by atoms with Crippen LogP contribution in [0.15, 0.2) is 70.1 Å². The molecule has 1 aromatic carbocycles. The van der Waals surface area contributed by atoms with Crippen molar-refractivity contribution in [1.29, 1.82) is 0 Å². The molecule has 3 amide bonds. The number of furan rings is 1. The van der Waals surface area contributed by atoms with Crippen LogP contribution >= 0.6 is 0 Å². The molecule has 13 heteroatoms. The number of nitrogens with one attached hydrogen (secondary N) is 2. The lowest BCUT2D eigenvalue weighted by Gasteiger charge is -2.35. The smallest absolute Gasteiger partial charge is 0.329 e. The highest BCUT2D eigenvalue weighted by Gasteiger charge is 2.32. The first-order valence-corrected chi connectivity index (χ1v) is 17.1. The van der Waals surface area contributed by atoms with Crippen molar-refractivity contribution in [2.45, 2.75) is 44.7 Å². The van der Waals surface area contributed by atoms with E-state index in [0.717, 1.165) is 72.9 Å². The Morgan fingerprint density at radius 2 is 1.80 bits per heavy atom. The summed E-state index contributed by atoms with van der Waals surface area (Å²) in [6.45, 7) is 6.23. The minimum absolute atomic E-state index is 0.0432. The van der Waals surface area contributed by atoms with Crippen molar-refractivity contribution in [3.05, 3.63) is 88.3 Å². The normalized spacial score (nSPS) is 19.8. The zero-order valence-electron chi connectivity index (χ0n) is 28.0. The number of hydrogen-bond acceptors (Lipinski definition) is 9. The number of imidazole rings is 1. The number of carbonyl (C=O) groups excluding carboxylic acids is 3. The van der Waals surface area contributed by atoms with Gasteiger partial charge < -0.3 is 14.6 Å². The predicted octanol–water partition coefficient (Wildman–Crippen LogP) is 3.07. The molecule has 3 aliphatic heterocycles. The second-order valence-corrected chi connectivity index (χ2v) is 13.4. The molecule has 50 heavy (non-hydrogen) atoms. The Balaban J connectivity index is 0.904. The first-order chi connectivity index (χ1) is 24.2. The van der Waals surface area contributed by atoms with Gasteiger partial charge in [0.1, 0.15) is 23.4 Å². The molecule has 2 fully saturated rings. The Labute approximate surface area is 287 Å². The van der Waals surface area contributed by atoms with E-state index < -0.39 is 11.9 Å². The number of rotatable bonds is 7. The molecule has 2 saturated heterocycles. The highest BCUT2D eigenvalue weighted by atomic mass is 16.3. The van der Waals surface area contributed by atoms with Crippen molar-refractivity contribution in [2.75, 3.05) is 37.6 Å². The Morgan fingerprint density at radius 1 is 0.960 bits per heavy atom. The third-order valence-corrected chi connectivity index (χ3v) is 10.1. The highest BCUT2D eigenvalue weighted by Crippen LogP contribution is 2.31. The SMILES string of the molecule is C[C@@H]1Cc2oc(-c3ccnc(-c4ccc(N5CCN(CCc6cccc7c6n(C)c(=O)n7C6CCC(=O)NC6=O)CC5)nc4)c3)cc2C(=O)N1. The number of benzene rings is 1. The number of aryl methyl sites for hydroxylation is 1. The predicted molar refractivity (Wildman–Crippen MR) is 187 cm³/mol. The van der Waals surface area contributed by atoms with Gasteiger partial charge in [0.15, 0.2) is 0 Å². The molecule has 5 aromatic rings. The number of aromatic nitrogens is 4. The van der Waals surface area contributed by atoms with Gasteiger partial charge in [-0.05, 0) is 61.7 Å². The number of hydrogen-bond donors (Lipinski definition) is 2.